The third-order valence-corrected chi connectivity index (χ3v) is 4.21. The molecular weight excluding hydrogens is 415 g/mol. The van der Waals surface area contributed by atoms with Crippen molar-refractivity contribution in [1.82, 2.24) is 5.32 Å². The van der Waals surface area contributed by atoms with E-state index < -0.39 is 15.9 Å². The monoisotopic (exact) mass is 425 g/mol. The van der Waals surface area contributed by atoms with E-state index in [4.69, 9.17) is 62.7 Å². The highest BCUT2D eigenvalue weighted by Gasteiger charge is 2.37. The van der Waals surface area contributed by atoms with Crippen LogP contribution in [0.15, 0.2) is 42.5 Å². The van der Waals surface area contributed by atoms with Crippen LogP contribution in [0.5, 0.6) is 5.75 Å². The van der Waals surface area contributed by atoms with E-state index >= 15 is 0 Å². The molecule has 0 saturated carbocycles. The van der Waals surface area contributed by atoms with Crippen molar-refractivity contribution in [3.8, 4) is 5.75 Å². The van der Waals surface area contributed by atoms with Crippen LogP contribution in [0.3, 0.4) is 0 Å². The predicted molar refractivity (Wildman–Crippen MR) is 99.8 cm³/mol. The maximum absolute atomic E-state index is 12.4. The second-order valence-electron chi connectivity index (χ2n) is 4.90. The SMILES string of the molecule is Cc1ccccc1C(=O)NC(Oc1ccc(Cl)cc1Cl)C(Cl)(Cl)Cl. The Bertz CT molecular complexity index is 745. The van der Waals surface area contributed by atoms with Crippen molar-refractivity contribution < 1.29 is 9.53 Å². The summed E-state index contributed by atoms with van der Waals surface area (Å²) in [5.41, 5.74) is 1.23. The predicted octanol–water partition coefficient (Wildman–Crippen LogP) is 5.81. The summed E-state index contributed by atoms with van der Waals surface area (Å²) in [6.45, 7) is 1.80. The molecule has 1 amide bonds. The molecule has 0 fully saturated rings. The van der Waals surface area contributed by atoms with Crippen LogP contribution in [-0.4, -0.2) is 15.9 Å². The van der Waals surface area contributed by atoms with Crippen molar-refractivity contribution in [3.05, 3.63) is 63.6 Å². The van der Waals surface area contributed by atoms with Crippen molar-refractivity contribution >= 4 is 63.9 Å². The fourth-order valence-corrected chi connectivity index (χ4v) is 2.65. The molecule has 8 heteroatoms. The highest BCUT2D eigenvalue weighted by molar-refractivity contribution is 6.68. The average Bonchev–Trinajstić information content (AvgIpc) is 2.48. The molecule has 0 heterocycles. The number of amides is 1. The van der Waals surface area contributed by atoms with Gasteiger partial charge in [0.2, 0.25) is 10.0 Å². The van der Waals surface area contributed by atoms with Crippen LogP contribution in [0.25, 0.3) is 0 Å². The first-order valence-electron chi connectivity index (χ1n) is 6.73. The first kappa shape index (κ1) is 19.5. The molecule has 0 spiro atoms. The van der Waals surface area contributed by atoms with Crippen molar-refractivity contribution in [2.24, 2.45) is 0 Å². The highest BCUT2D eigenvalue weighted by Crippen LogP contribution is 2.35. The first-order chi connectivity index (χ1) is 11.2. The lowest BCUT2D eigenvalue weighted by Crippen LogP contribution is -2.48. The third-order valence-electron chi connectivity index (χ3n) is 3.09. The van der Waals surface area contributed by atoms with Crippen molar-refractivity contribution in [1.29, 1.82) is 0 Å². The second-order valence-corrected chi connectivity index (χ2v) is 8.12. The smallest absolute Gasteiger partial charge is 0.254 e. The summed E-state index contributed by atoms with van der Waals surface area (Å²) in [4.78, 5) is 12.4. The molecule has 3 nitrogen and oxygen atoms in total. The Hall–Kier alpha value is -0.840. The highest BCUT2D eigenvalue weighted by atomic mass is 35.6. The van der Waals surface area contributed by atoms with Gasteiger partial charge in [-0.2, -0.15) is 0 Å². The van der Waals surface area contributed by atoms with Crippen LogP contribution in [0.2, 0.25) is 10.0 Å². The van der Waals surface area contributed by atoms with Crippen molar-refractivity contribution in [2.45, 2.75) is 16.9 Å². The molecule has 24 heavy (non-hydrogen) atoms. The fourth-order valence-electron chi connectivity index (χ4n) is 1.90. The summed E-state index contributed by atoms with van der Waals surface area (Å²) in [7, 11) is 0. The standard InChI is InChI=1S/C16H12Cl5NO2/c1-9-4-2-3-5-11(9)14(23)22-15(16(19,20)21)24-13-7-6-10(17)8-12(13)18/h2-8,15H,1H3,(H,22,23). The molecule has 0 aromatic heterocycles. The van der Waals surface area contributed by atoms with E-state index in [1.54, 1.807) is 31.2 Å². The van der Waals surface area contributed by atoms with E-state index in [1.807, 2.05) is 6.07 Å². The summed E-state index contributed by atoms with van der Waals surface area (Å²) in [5.74, 6) is -0.211. The summed E-state index contributed by atoms with van der Waals surface area (Å²) >= 11 is 29.7. The molecule has 2 rings (SSSR count). The van der Waals surface area contributed by atoms with Gasteiger partial charge in [0.05, 0.1) is 5.02 Å². The van der Waals surface area contributed by atoms with Crippen LogP contribution in [0.1, 0.15) is 15.9 Å². The lowest BCUT2D eigenvalue weighted by molar-refractivity contribution is 0.0832. The van der Waals surface area contributed by atoms with E-state index in [9.17, 15) is 4.79 Å². The van der Waals surface area contributed by atoms with Crippen LogP contribution in [-0.2, 0) is 0 Å². The van der Waals surface area contributed by atoms with Crippen LogP contribution in [0.4, 0.5) is 0 Å². The molecule has 128 valence electrons. The molecule has 1 unspecified atom stereocenters. The minimum atomic E-state index is -1.92. The van der Waals surface area contributed by atoms with Gasteiger partial charge in [-0.25, -0.2) is 0 Å². The summed E-state index contributed by atoms with van der Waals surface area (Å²) in [6.07, 6.45) is -1.26. The minimum Gasteiger partial charge on any atom is -0.464 e. The average molecular weight is 428 g/mol. The van der Waals surface area contributed by atoms with Gasteiger partial charge in [-0.15, -0.1) is 0 Å². The number of hydrogen-bond donors (Lipinski definition) is 1. The van der Waals surface area contributed by atoms with E-state index in [0.29, 0.717) is 10.6 Å². The van der Waals surface area contributed by atoms with Gasteiger partial charge in [0.25, 0.3) is 5.91 Å². The Kier molecular flexibility index (Phi) is 6.52. The fraction of sp³-hybridized carbons (Fsp3) is 0.188. The molecule has 2 aromatic rings. The molecule has 0 aliphatic rings. The Balaban J connectivity index is 2.23. The third kappa shape index (κ3) is 5.08. The molecule has 1 N–H and O–H groups in total. The number of carbonyl (C=O) groups excluding carboxylic acids is 1. The van der Waals surface area contributed by atoms with Gasteiger partial charge in [0, 0.05) is 10.6 Å². The maximum Gasteiger partial charge on any atom is 0.254 e. The number of nitrogens with one attached hydrogen (secondary N) is 1. The number of halogens is 5. The van der Waals surface area contributed by atoms with Gasteiger partial charge in [-0.3, -0.25) is 4.79 Å². The molecule has 0 aliphatic carbocycles. The number of rotatable bonds is 4. The molecule has 0 bridgehead atoms. The molecule has 1 atom stereocenters. The van der Waals surface area contributed by atoms with Gasteiger partial charge in [0.15, 0.2) is 0 Å². The van der Waals surface area contributed by atoms with Gasteiger partial charge in [0.1, 0.15) is 5.75 Å². The van der Waals surface area contributed by atoms with Crippen LogP contribution >= 0.6 is 58.0 Å². The largest absolute Gasteiger partial charge is 0.464 e. The Morgan fingerprint density at radius 2 is 1.79 bits per heavy atom. The van der Waals surface area contributed by atoms with Gasteiger partial charge >= 0.3 is 0 Å². The molecule has 0 radical (unpaired) electrons. The minimum absolute atomic E-state index is 0.225. The lowest BCUT2D eigenvalue weighted by Gasteiger charge is -2.27. The first-order valence-corrected chi connectivity index (χ1v) is 8.62. The zero-order valence-electron chi connectivity index (χ0n) is 12.3. The molecule has 2 aromatic carbocycles. The number of alkyl halides is 3. The van der Waals surface area contributed by atoms with Gasteiger partial charge in [-0.1, -0.05) is 76.2 Å². The zero-order chi connectivity index (χ0) is 17.9. The number of ether oxygens (including phenoxy) is 1. The number of hydrogen-bond acceptors (Lipinski definition) is 2. The van der Waals surface area contributed by atoms with Crippen LogP contribution in [0, 0.1) is 6.92 Å². The number of aryl methyl sites for hydroxylation is 1. The second kappa shape index (κ2) is 8.03. The summed E-state index contributed by atoms with van der Waals surface area (Å²) in [5, 5.41) is 3.22. The van der Waals surface area contributed by atoms with Crippen LogP contribution < -0.4 is 10.1 Å². The van der Waals surface area contributed by atoms with E-state index in [-0.39, 0.29) is 10.8 Å². The normalized spacial score (nSPS) is 12.6. The quantitative estimate of drug-likeness (QED) is 0.494. The Morgan fingerprint density at radius 3 is 2.38 bits per heavy atom. The molecular formula is C16H12Cl5NO2. The molecule has 0 saturated heterocycles. The van der Waals surface area contributed by atoms with E-state index in [0.717, 1.165) is 5.56 Å². The summed E-state index contributed by atoms with van der Waals surface area (Å²) < 4.78 is 3.66. The van der Waals surface area contributed by atoms with Gasteiger partial charge < -0.3 is 10.1 Å². The zero-order valence-corrected chi connectivity index (χ0v) is 16.1. The van der Waals surface area contributed by atoms with E-state index in [1.165, 1.54) is 12.1 Å². The maximum atomic E-state index is 12.4. The topological polar surface area (TPSA) is 38.3 Å². The van der Waals surface area contributed by atoms with Crippen molar-refractivity contribution in [3.63, 3.8) is 0 Å². The Morgan fingerprint density at radius 1 is 1.12 bits per heavy atom. The Labute approximate surface area is 164 Å². The van der Waals surface area contributed by atoms with E-state index in [2.05, 4.69) is 5.32 Å². The number of carbonyl (C=O) groups is 1. The van der Waals surface area contributed by atoms with Gasteiger partial charge in [-0.05, 0) is 36.8 Å². The number of benzene rings is 2. The summed E-state index contributed by atoms with van der Waals surface area (Å²) in [6, 6.07) is 11.6. The van der Waals surface area contributed by atoms with Crippen molar-refractivity contribution in [2.75, 3.05) is 0 Å². The molecule has 0 aliphatic heterocycles. The lowest BCUT2D eigenvalue weighted by atomic mass is 10.1.